The van der Waals surface area contributed by atoms with Gasteiger partial charge in [0.25, 0.3) is 0 Å². The molecule has 18 heavy (non-hydrogen) atoms. The fraction of sp³-hybridized carbons (Fsp3) is 0.692. The van der Waals surface area contributed by atoms with Gasteiger partial charge in [-0.1, -0.05) is 13.8 Å². The molecule has 0 bridgehead atoms. The monoisotopic (exact) mass is 254 g/mol. The number of aromatic nitrogens is 2. The molecule has 1 aromatic rings. The lowest BCUT2D eigenvalue weighted by Crippen LogP contribution is -2.20. The quantitative estimate of drug-likeness (QED) is 0.699. The zero-order valence-electron chi connectivity index (χ0n) is 11.6. The maximum atomic E-state index is 11.5. The summed E-state index contributed by atoms with van der Waals surface area (Å²) in [6, 6.07) is 0. The van der Waals surface area contributed by atoms with Crippen molar-refractivity contribution in [2.75, 3.05) is 20.3 Å². The molecule has 0 saturated heterocycles. The molecule has 0 aliphatic rings. The van der Waals surface area contributed by atoms with Crippen LogP contribution in [0.5, 0.6) is 0 Å². The molecule has 102 valence electrons. The summed E-state index contributed by atoms with van der Waals surface area (Å²) >= 11 is 0. The highest BCUT2D eigenvalue weighted by Crippen LogP contribution is 2.22. The number of imidazole rings is 1. The van der Waals surface area contributed by atoms with E-state index in [0.717, 1.165) is 19.6 Å². The van der Waals surface area contributed by atoms with Gasteiger partial charge >= 0.3 is 5.97 Å². The Balaban J connectivity index is 2.60. The molecule has 0 spiro atoms. The van der Waals surface area contributed by atoms with Gasteiger partial charge in [-0.15, -0.1) is 0 Å². The molecule has 0 aliphatic heterocycles. The predicted molar refractivity (Wildman–Crippen MR) is 68.5 cm³/mol. The predicted octanol–water partition coefficient (Wildman–Crippen LogP) is 2.12. The maximum Gasteiger partial charge on any atom is 0.358 e. The number of ether oxygens (including phenoxy) is 2. The van der Waals surface area contributed by atoms with Gasteiger partial charge in [0, 0.05) is 26.5 Å². The second-order valence-corrected chi connectivity index (χ2v) is 5.06. The van der Waals surface area contributed by atoms with Gasteiger partial charge in [-0.2, -0.15) is 0 Å². The van der Waals surface area contributed by atoms with Crippen LogP contribution in [-0.4, -0.2) is 35.8 Å². The molecule has 0 aromatic carbocycles. The van der Waals surface area contributed by atoms with Crippen LogP contribution in [0.4, 0.5) is 0 Å². The minimum absolute atomic E-state index is 0.0998. The van der Waals surface area contributed by atoms with Crippen molar-refractivity contribution in [3.8, 4) is 0 Å². The van der Waals surface area contributed by atoms with Crippen molar-refractivity contribution < 1.29 is 14.3 Å². The van der Waals surface area contributed by atoms with Gasteiger partial charge < -0.3 is 14.0 Å². The van der Waals surface area contributed by atoms with Gasteiger partial charge in [0.2, 0.25) is 0 Å². The summed E-state index contributed by atoms with van der Waals surface area (Å²) in [6.07, 6.45) is 4.35. The van der Waals surface area contributed by atoms with Crippen LogP contribution in [0.2, 0.25) is 0 Å². The SMILES string of the molecule is CCOC(=O)c1cn(CC(C)(C)CCOC)cn1. The molecule has 0 saturated carbocycles. The molecule has 0 atom stereocenters. The molecule has 5 nitrogen and oxygen atoms in total. The lowest BCUT2D eigenvalue weighted by atomic mass is 9.90. The van der Waals surface area contributed by atoms with Gasteiger partial charge in [-0.25, -0.2) is 9.78 Å². The average molecular weight is 254 g/mol. The van der Waals surface area contributed by atoms with E-state index in [1.165, 1.54) is 0 Å². The van der Waals surface area contributed by atoms with E-state index in [1.807, 2.05) is 4.57 Å². The average Bonchev–Trinajstić information content (AvgIpc) is 2.74. The van der Waals surface area contributed by atoms with Gasteiger partial charge in [0.05, 0.1) is 12.9 Å². The third-order valence-corrected chi connectivity index (χ3v) is 2.71. The van der Waals surface area contributed by atoms with Crippen LogP contribution < -0.4 is 0 Å². The second kappa shape index (κ2) is 6.54. The number of esters is 1. The smallest absolute Gasteiger partial charge is 0.358 e. The van der Waals surface area contributed by atoms with Gasteiger partial charge in [-0.3, -0.25) is 0 Å². The summed E-state index contributed by atoms with van der Waals surface area (Å²) in [5.74, 6) is -0.369. The fourth-order valence-electron chi connectivity index (χ4n) is 1.71. The zero-order valence-corrected chi connectivity index (χ0v) is 11.6. The van der Waals surface area contributed by atoms with Gasteiger partial charge in [0.15, 0.2) is 5.69 Å². The Bertz CT molecular complexity index is 385. The largest absolute Gasteiger partial charge is 0.461 e. The van der Waals surface area contributed by atoms with Crippen LogP contribution in [0.15, 0.2) is 12.5 Å². The Morgan fingerprint density at radius 3 is 2.83 bits per heavy atom. The van der Waals surface area contributed by atoms with Crippen LogP contribution in [-0.2, 0) is 16.0 Å². The Morgan fingerprint density at radius 2 is 2.22 bits per heavy atom. The standard InChI is InChI=1S/C13H22N2O3/c1-5-18-12(16)11-8-15(10-14-11)9-13(2,3)6-7-17-4/h8,10H,5-7,9H2,1-4H3. The van der Waals surface area contributed by atoms with E-state index < -0.39 is 0 Å². The third kappa shape index (κ3) is 4.49. The van der Waals surface area contributed by atoms with E-state index in [2.05, 4.69) is 18.8 Å². The first-order chi connectivity index (χ1) is 8.48. The minimum Gasteiger partial charge on any atom is -0.461 e. The molecule has 1 rings (SSSR count). The highest BCUT2D eigenvalue weighted by atomic mass is 16.5. The van der Waals surface area contributed by atoms with Crippen molar-refractivity contribution in [2.24, 2.45) is 5.41 Å². The fourth-order valence-corrected chi connectivity index (χ4v) is 1.71. The maximum absolute atomic E-state index is 11.5. The van der Waals surface area contributed by atoms with Crippen molar-refractivity contribution in [3.63, 3.8) is 0 Å². The minimum atomic E-state index is -0.369. The molecule has 0 amide bonds. The summed E-state index contributed by atoms with van der Waals surface area (Å²) in [7, 11) is 1.70. The highest BCUT2D eigenvalue weighted by molar-refractivity contribution is 5.86. The van der Waals surface area contributed by atoms with Crippen molar-refractivity contribution in [1.29, 1.82) is 0 Å². The van der Waals surface area contributed by atoms with E-state index >= 15 is 0 Å². The first-order valence-corrected chi connectivity index (χ1v) is 6.16. The van der Waals surface area contributed by atoms with Crippen molar-refractivity contribution >= 4 is 5.97 Å². The molecule has 0 unspecified atom stereocenters. The van der Waals surface area contributed by atoms with E-state index in [1.54, 1.807) is 26.6 Å². The molecule has 1 heterocycles. The van der Waals surface area contributed by atoms with E-state index in [0.29, 0.717) is 12.3 Å². The van der Waals surface area contributed by atoms with E-state index in [4.69, 9.17) is 9.47 Å². The van der Waals surface area contributed by atoms with Gasteiger partial charge in [-0.05, 0) is 18.8 Å². The number of hydrogen-bond donors (Lipinski definition) is 0. The molecule has 5 heteroatoms. The van der Waals surface area contributed by atoms with Gasteiger partial charge in [0.1, 0.15) is 0 Å². The van der Waals surface area contributed by atoms with E-state index in [9.17, 15) is 4.79 Å². The summed E-state index contributed by atoms with van der Waals surface area (Å²) in [6.45, 7) is 8.00. The van der Waals surface area contributed by atoms with Crippen LogP contribution in [0.1, 0.15) is 37.7 Å². The summed E-state index contributed by atoms with van der Waals surface area (Å²) < 4.78 is 11.9. The number of carbonyl (C=O) groups excluding carboxylic acids is 1. The lowest BCUT2D eigenvalue weighted by molar-refractivity contribution is 0.0519. The van der Waals surface area contributed by atoms with Crippen LogP contribution in [0.25, 0.3) is 0 Å². The van der Waals surface area contributed by atoms with Crippen LogP contribution in [0, 0.1) is 5.41 Å². The Morgan fingerprint density at radius 1 is 1.50 bits per heavy atom. The third-order valence-electron chi connectivity index (χ3n) is 2.71. The molecule has 0 N–H and O–H groups in total. The highest BCUT2D eigenvalue weighted by Gasteiger charge is 2.19. The number of nitrogens with zero attached hydrogens (tertiary/aromatic N) is 2. The summed E-state index contributed by atoms with van der Waals surface area (Å²) in [5, 5.41) is 0. The Kier molecular flexibility index (Phi) is 5.34. The first kappa shape index (κ1) is 14.7. The molecule has 0 fully saturated rings. The summed E-state index contributed by atoms with van der Waals surface area (Å²) in [4.78, 5) is 15.5. The Hall–Kier alpha value is -1.36. The van der Waals surface area contributed by atoms with Crippen LogP contribution in [0.3, 0.4) is 0 Å². The number of rotatable bonds is 7. The summed E-state index contributed by atoms with van der Waals surface area (Å²) in [5.41, 5.74) is 0.460. The van der Waals surface area contributed by atoms with E-state index in [-0.39, 0.29) is 11.4 Å². The second-order valence-electron chi connectivity index (χ2n) is 5.06. The topological polar surface area (TPSA) is 53.4 Å². The Labute approximate surface area is 108 Å². The number of hydrogen-bond acceptors (Lipinski definition) is 4. The number of methoxy groups -OCH3 is 1. The zero-order chi connectivity index (χ0) is 13.6. The van der Waals surface area contributed by atoms with Crippen molar-refractivity contribution in [2.45, 2.75) is 33.7 Å². The molecular weight excluding hydrogens is 232 g/mol. The first-order valence-electron chi connectivity index (χ1n) is 6.16. The van der Waals surface area contributed by atoms with Crippen molar-refractivity contribution in [3.05, 3.63) is 18.2 Å². The molecular formula is C13H22N2O3. The molecule has 1 aromatic heterocycles. The molecule has 0 radical (unpaired) electrons. The lowest BCUT2D eigenvalue weighted by Gasteiger charge is -2.24. The van der Waals surface area contributed by atoms with Crippen molar-refractivity contribution in [1.82, 2.24) is 9.55 Å². The number of carbonyl (C=O) groups is 1. The van der Waals surface area contributed by atoms with Crippen LogP contribution >= 0.6 is 0 Å². The molecule has 0 aliphatic carbocycles. The normalized spacial score (nSPS) is 11.6.